The zero-order valence-corrected chi connectivity index (χ0v) is 16.4. The standard InChI is InChI=1S/C20H17BCl2N2O3/c21-12-6-4-11(5-7-16(26)27)13(10-12)18(28)25-19(24)20(8-9-20)17-14(22)2-1-3-15(17)23/h1-4,6,10H,5,7-9H2,(H,26,27)(H2,24,25,28). The molecule has 2 radical (unpaired) electrons. The summed E-state index contributed by atoms with van der Waals surface area (Å²) in [5.41, 5.74) is 1.12. The third-order valence-electron chi connectivity index (χ3n) is 4.90. The van der Waals surface area contributed by atoms with Crippen molar-refractivity contribution in [2.75, 3.05) is 0 Å². The molecule has 3 rings (SSSR count). The van der Waals surface area contributed by atoms with E-state index in [0.717, 1.165) is 0 Å². The number of rotatable bonds is 6. The Morgan fingerprint density at radius 2 is 1.82 bits per heavy atom. The van der Waals surface area contributed by atoms with Crippen LogP contribution in [0.25, 0.3) is 0 Å². The number of carboxylic acid groups (broad SMARTS) is 1. The van der Waals surface area contributed by atoms with E-state index in [0.29, 0.717) is 39.5 Å². The first kappa shape index (κ1) is 20.4. The van der Waals surface area contributed by atoms with Crippen LogP contribution in [-0.4, -0.2) is 30.7 Å². The maximum absolute atomic E-state index is 12.8. The smallest absolute Gasteiger partial charge is 0.303 e. The van der Waals surface area contributed by atoms with E-state index < -0.39 is 17.3 Å². The van der Waals surface area contributed by atoms with Crippen molar-refractivity contribution in [3.8, 4) is 0 Å². The lowest BCUT2D eigenvalue weighted by Crippen LogP contribution is -2.39. The minimum atomic E-state index is -0.957. The van der Waals surface area contributed by atoms with Gasteiger partial charge in [0.25, 0.3) is 5.91 Å². The van der Waals surface area contributed by atoms with Gasteiger partial charge in [-0.05, 0) is 37.0 Å². The number of carbonyl (C=O) groups excluding carboxylic acids is 1. The first-order valence-electron chi connectivity index (χ1n) is 8.69. The van der Waals surface area contributed by atoms with Crippen LogP contribution in [0.3, 0.4) is 0 Å². The summed E-state index contributed by atoms with van der Waals surface area (Å²) >= 11 is 12.6. The molecule has 8 heteroatoms. The van der Waals surface area contributed by atoms with Crippen molar-refractivity contribution >= 4 is 54.2 Å². The van der Waals surface area contributed by atoms with E-state index in [2.05, 4.69) is 5.32 Å². The molecule has 1 aliphatic rings. The number of aliphatic carboxylic acids is 1. The fourth-order valence-electron chi connectivity index (χ4n) is 3.27. The molecule has 142 valence electrons. The molecule has 0 heterocycles. The molecule has 0 saturated heterocycles. The quantitative estimate of drug-likeness (QED) is 0.385. The number of aryl methyl sites for hydroxylation is 1. The largest absolute Gasteiger partial charge is 0.481 e. The Morgan fingerprint density at radius 1 is 1.18 bits per heavy atom. The Kier molecular flexibility index (Phi) is 5.82. The Bertz CT molecular complexity index is 954. The summed E-state index contributed by atoms with van der Waals surface area (Å²) in [4.78, 5) is 23.7. The number of nitrogens with one attached hydrogen (secondary N) is 2. The van der Waals surface area contributed by atoms with Gasteiger partial charge >= 0.3 is 5.97 Å². The van der Waals surface area contributed by atoms with Gasteiger partial charge < -0.3 is 10.4 Å². The van der Waals surface area contributed by atoms with Gasteiger partial charge in [0.05, 0.1) is 5.41 Å². The molecule has 0 unspecified atom stereocenters. The molecule has 1 amide bonds. The Hall–Kier alpha value is -2.31. The second-order valence-electron chi connectivity index (χ2n) is 6.82. The highest BCUT2D eigenvalue weighted by atomic mass is 35.5. The van der Waals surface area contributed by atoms with Crippen LogP contribution in [0.5, 0.6) is 0 Å². The van der Waals surface area contributed by atoms with Gasteiger partial charge in [-0.2, -0.15) is 0 Å². The summed E-state index contributed by atoms with van der Waals surface area (Å²) in [7, 11) is 5.80. The zero-order chi connectivity index (χ0) is 20.5. The topological polar surface area (TPSA) is 90.2 Å². The predicted octanol–water partition coefficient (Wildman–Crippen LogP) is 3.24. The van der Waals surface area contributed by atoms with E-state index in [1.165, 1.54) is 6.07 Å². The predicted molar refractivity (Wildman–Crippen MR) is 110 cm³/mol. The number of hydrogen-bond donors (Lipinski definition) is 3. The third kappa shape index (κ3) is 4.08. The van der Waals surface area contributed by atoms with E-state index in [1.54, 1.807) is 30.3 Å². The average Bonchev–Trinajstić information content (AvgIpc) is 3.42. The molecule has 2 aromatic rings. The minimum absolute atomic E-state index is 0.0131. The van der Waals surface area contributed by atoms with E-state index in [9.17, 15) is 9.59 Å². The third-order valence-corrected chi connectivity index (χ3v) is 5.53. The van der Waals surface area contributed by atoms with Crippen LogP contribution in [-0.2, 0) is 16.6 Å². The first-order valence-corrected chi connectivity index (χ1v) is 9.45. The van der Waals surface area contributed by atoms with Gasteiger partial charge in [-0.3, -0.25) is 15.0 Å². The number of amides is 1. The summed E-state index contributed by atoms with van der Waals surface area (Å²) < 4.78 is 0. The van der Waals surface area contributed by atoms with Gasteiger partial charge in [-0.15, -0.1) is 0 Å². The summed E-state index contributed by atoms with van der Waals surface area (Å²) in [6.07, 6.45) is 1.38. The molecular formula is C20H17BCl2N2O3. The summed E-state index contributed by atoms with van der Waals surface area (Å²) in [5.74, 6) is -1.45. The van der Waals surface area contributed by atoms with E-state index in [4.69, 9.17) is 41.6 Å². The maximum Gasteiger partial charge on any atom is 0.303 e. The SMILES string of the molecule is [B]c1ccc(CCC(=O)O)c(C(=O)NC(=N)C2(c3c(Cl)cccc3Cl)CC2)c1. The maximum atomic E-state index is 12.8. The van der Waals surface area contributed by atoms with Gasteiger partial charge in [-0.25, -0.2) is 0 Å². The van der Waals surface area contributed by atoms with Gasteiger partial charge in [0.1, 0.15) is 13.7 Å². The second kappa shape index (κ2) is 7.98. The molecule has 28 heavy (non-hydrogen) atoms. The van der Waals surface area contributed by atoms with Crippen LogP contribution in [0.2, 0.25) is 10.0 Å². The fraction of sp³-hybridized carbons (Fsp3) is 0.250. The van der Waals surface area contributed by atoms with Crippen molar-refractivity contribution in [3.63, 3.8) is 0 Å². The molecule has 0 atom stereocenters. The summed E-state index contributed by atoms with van der Waals surface area (Å²) in [6.45, 7) is 0. The molecule has 1 saturated carbocycles. The molecule has 0 bridgehead atoms. The van der Waals surface area contributed by atoms with Crippen LogP contribution in [0.4, 0.5) is 0 Å². The molecule has 3 N–H and O–H groups in total. The highest BCUT2D eigenvalue weighted by molar-refractivity contribution is 6.37. The van der Waals surface area contributed by atoms with Crippen molar-refractivity contribution < 1.29 is 14.7 Å². The van der Waals surface area contributed by atoms with E-state index >= 15 is 0 Å². The van der Waals surface area contributed by atoms with Crippen molar-refractivity contribution in [2.24, 2.45) is 0 Å². The van der Waals surface area contributed by atoms with Gasteiger partial charge in [0.2, 0.25) is 0 Å². The van der Waals surface area contributed by atoms with Crippen molar-refractivity contribution in [1.29, 1.82) is 5.41 Å². The van der Waals surface area contributed by atoms with E-state index in [-0.39, 0.29) is 24.2 Å². The molecule has 1 aliphatic carbocycles. The van der Waals surface area contributed by atoms with Gasteiger partial charge in [-0.1, -0.05) is 52.9 Å². The van der Waals surface area contributed by atoms with Crippen molar-refractivity contribution in [2.45, 2.75) is 31.1 Å². The van der Waals surface area contributed by atoms with E-state index in [1.807, 2.05) is 0 Å². The van der Waals surface area contributed by atoms with Crippen LogP contribution in [0.1, 0.15) is 40.7 Å². The Balaban J connectivity index is 1.85. The number of carbonyl (C=O) groups is 2. The molecule has 1 fully saturated rings. The average molecular weight is 415 g/mol. The van der Waals surface area contributed by atoms with Gasteiger partial charge in [0, 0.05) is 27.6 Å². The number of carboxylic acids is 1. The first-order chi connectivity index (χ1) is 13.2. The molecule has 0 aliphatic heterocycles. The molecule has 5 nitrogen and oxygen atoms in total. The molecule has 0 spiro atoms. The molecule has 0 aromatic heterocycles. The van der Waals surface area contributed by atoms with Crippen LogP contribution in [0, 0.1) is 5.41 Å². The van der Waals surface area contributed by atoms with Crippen molar-refractivity contribution in [1.82, 2.24) is 5.32 Å². The summed E-state index contributed by atoms with van der Waals surface area (Å²) in [5, 5.41) is 20.9. The van der Waals surface area contributed by atoms with Crippen molar-refractivity contribution in [3.05, 3.63) is 63.1 Å². The summed E-state index contributed by atoms with van der Waals surface area (Å²) in [6, 6.07) is 9.88. The van der Waals surface area contributed by atoms with Crippen LogP contribution < -0.4 is 10.8 Å². The second-order valence-corrected chi connectivity index (χ2v) is 7.63. The fourth-order valence-corrected chi connectivity index (χ4v) is 4.03. The highest BCUT2D eigenvalue weighted by Crippen LogP contribution is 2.53. The number of benzene rings is 2. The molecule has 2 aromatic carbocycles. The Morgan fingerprint density at radius 3 is 2.39 bits per heavy atom. The van der Waals surface area contributed by atoms with Gasteiger partial charge in [0.15, 0.2) is 0 Å². The lowest BCUT2D eigenvalue weighted by Gasteiger charge is -2.21. The number of amidine groups is 1. The van der Waals surface area contributed by atoms with Crippen LogP contribution >= 0.6 is 23.2 Å². The number of hydrogen-bond acceptors (Lipinski definition) is 3. The number of halogens is 2. The zero-order valence-electron chi connectivity index (χ0n) is 14.9. The lowest BCUT2D eigenvalue weighted by atomic mass is 9.90. The monoisotopic (exact) mass is 414 g/mol. The van der Waals surface area contributed by atoms with Crippen LogP contribution in [0.15, 0.2) is 36.4 Å². The normalized spacial score (nSPS) is 14.4. The lowest BCUT2D eigenvalue weighted by molar-refractivity contribution is -0.136. The molecular weight excluding hydrogens is 398 g/mol. The Labute approximate surface area is 174 Å². The minimum Gasteiger partial charge on any atom is -0.481 e. The highest BCUT2D eigenvalue weighted by Gasteiger charge is 2.51.